The fraction of sp³-hybridized carbons (Fsp3) is 0.364. The van der Waals surface area contributed by atoms with Crippen molar-refractivity contribution < 1.29 is 23.0 Å². The molecular formula is C11H10F2N2O3. The molecule has 0 aliphatic carbocycles. The van der Waals surface area contributed by atoms with Crippen LogP contribution in [0.1, 0.15) is 23.1 Å². The van der Waals surface area contributed by atoms with Crippen LogP contribution in [0.5, 0.6) is 5.88 Å². The number of ether oxygens (including phenoxy) is 2. The molecule has 0 spiro atoms. The molecule has 0 bridgehead atoms. The van der Waals surface area contributed by atoms with Crippen LogP contribution in [0, 0.1) is 11.3 Å². The Morgan fingerprint density at radius 1 is 1.56 bits per heavy atom. The van der Waals surface area contributed by atoms with E-state index in [-0.39, 0.29) is 23.4 Å². The molecule has 0 aliphatic rings. The number of rotatable bonds is 4. The Morgan fingerprint density at radius 2 is 2.22 bits per heavy atom. The lowest BCUT2D eigenvalue weighted by molar-refractivity contribution is -0.139. The van der Waals surface area contributed by atoms with Crippen LogP contribution in [0.15, 0.2) is 6.20 Å². The zero-order valence-corrected chi connectivity index (χ0v) is 9.74. The lowest BCUT2D eigenvalue weighted by Gasteiger charge is -2.11. The molecule has 96 valence electrons. The molecule has 7 heteroatoms. The molecule has 0 saturated heterocycles. The number of carbonyl (C=O) groups excluding carboxylic acids is 1. The van der Waals surface area contributed by atoms with E-state index in [0.29, 0.717) is 0 Å². The molecule has 5 nitrogen and oxygen atoms in total. The molecule has 0 unspecified atom stereocenters. The van der Waals surface area contributed by atoms with Crippen LogP contribution >= 0.6 is 0 Å². The summed E-state index contributed by atoms with van der Waals surface area (Å²) < 4.78 is 35.0. The summed E-state index contributed by atoms with van der Waals surface area (Å²) in [4.78, 5) is 14.8. The second-order valence-corrected chi connectivity index (χ2v) is 3.25. The largest absolute Gasteiger partial charge is 0.480 e. The van der Waals surface area contributed by atoms with Crippen LogP contribution in [0.25, 0.3) is 0 Å². The molecule has 1 aromatic rings. The molecule has 1 heterocycles. The monoisotopic (exact) mass is 256 g/mol. The van der Waals surface area contributed by atoms with E-state index in [0.717, 1.165) is 13.3 Å². The Morgan fingerprint density at radius 3 is 2.67 bits per heavy atom. The first-order chi connectivity index (χ1) is 8.54. The summed E-state index contributed by atoms with van der Waals surface area (Å²) in [6.07, 6.45) is -2.20. The van der Waals surface area contributed by atoms with Crippen molar-refractivity contribution in [1.82, 2.24) is 4.98 Å². The number of halogens is 2. The first-order valence-electron chi connectivity index (χ1n) is 4.86. The van der Waals surface area contributed by atoms with Crippen molar-refractivity contribution in [3.05, 3.63) is 22.9 Å². The number of esters is 1. The average molecular weight is 256 g/mol. The van der Waals surface area contributed by atoms with Crippen LogP contribution in [-0.4, -0.2) is 25.2 Å². The highest BCUT2D eigenvalue weighted by Gasteiger charge is 2.24. The van der Waals surface area contributed by atoms with E-state index in [1.54, 1.807) is 6.07 Å². The molecule has 0 fully saturated rings. The van der Waals surface area contributed by atoms with Gasteiger partial charge in [-0.15, -0.1) is 0 Å². The standard InChI is InChI=1S/C11H10F2N2O3/c1-17-8(16)3-6-5-15-11(18-2)7(4-14)9(6)10(12)13/h5,10H,3H2,1-2H3. The Bertz CT molecular complexity index is 498. The van der Waals surface area contributed by atoms with Crippen LogP contribution < -0.4 is 4.74 Å². The van der Waals surface area contributed by atoms with E-state index < -0.39 is 18.0 Å². The number of hydrogen-bond acceptors (Lipinski definition) is 5. The fourth-order valence-electron chi connectivity index (χ4n) is 1.43. The van der Waals surface area contributed by atoms with Gasteiger partial charge in [0.05, 0.1) is 20.6 Å². The maximum atomic E-state index is 13.0. The highest BCUT2D eigenvalue weighted by molar-refractivity contribution is 5.73. The van der Waals surface area contributed by atoms with Crippen LogP contribution in [0.2, 0.25) is 0 Å². The van der Waals surface area contributed by atoms with E-state index in [1.165, 1.54) is 7.11 Å². The van der Waals surface area contributed by atoms with Crippen molar-refractivity contribution in [2.75, 3.05) is 14.2 Å². The van der Waals surface area contributed by atoms with Gasteiger partial charge in [0.25, 0.3) is 6.43 Å². The van der Waals surface area contributed by atoms with Crippen LogP contribution in [0.3, 0.4) is 0 Å². The summed E-state index contributed by atoms with van der Waals surface area (Å²) in [5.74, 6) is -0.880. The van der Waals surface area contributed by atoms with Crippen molar-refractivity contribution in [1.29, 1.82) is 5.26 Å². The lowest BCUT2D eigenvalue weighted by Crippen LogP contribution is -2.10. The van der Waals surface area contributed by atoms with Gasteiger partial charge >= 0.3 is 5.97 Å². The maximum Gasteiger partial charge on any atom is 0.310 e. The van der Waals surface area contributed by atoms with E-state index in [4.69, 9.17) is 10.00 Å². The third kappa shape index (κ3) is 2.71. The zero-order chi connectivity index (χ0) is 13.7. The summed E-state index contributed by atoms with van der Waals surface area (Å²) in [6, 6.07) is 1.61. The zero-order valence-electron chi connectivity index (χ0n) is 9.74. The summed E-state index contributed by atoms with van der Waals surface area (Å²) in [6.45, 7) is 0. The van der Waals surface area contributed by atoms with Gasteiger partial charge in [0.15, 0.2) is 0 Å². The molecule has 0 amide bonds. The fourth-order valence-corrected chi connectivity index (χ4v) is 1.43. The minimum absolute atomic E-state index is 0.0470. The van der Waals surface area contributed by atoms with Gasteiger partial charge < -0.3 is 9.47 Å². The SMILES string of the molecule is COC(=O)Cc1cnc(OC)c(C#N)c1C(F)F. The van der Waals surface area contributed by atoms with Gasteiger partial charge in [-0.2, -0.15) is 5.26 Å². The molecule has 1 rings (SSSR count). The molecule has 1 aromatic heterocycles. The van der Waals surface area contributed by atoms with Crippen molar-refractivity contribution >= 4 is 5.97 Å². The van der Waals surface area contributed by atoms with Gasteiger partial charge in [-0.3, -0.25) is 4.79 Å². The number of pyridine rings is 1. The number of hydrogen-bond donors (Lipinski definition) is 0. The van der Waals surface area contributed by atoms with E-state index in [1.807, 2.05) is 0 Å². The predicted octanol–water partition coefficient (Wildman–Crippen LogP) is 1.61. The van der Waals surface area contributed by atoms with Gasteiger partial charge in [-0.25, -0.2) is 13.8 Å². The van der Waals surface area contributed by atoms with Gasteiger partial charge in [0.1, 0.15) is 11.6 Å². The van der Waals surface area contributed by atoms with Gasteiger partial charge in [-0.05, 0) is 5.56 Å². The smallest absolute Gasteiger partial charge is 0.310 e. The molecule has 0 N–H and O–H groups in total. The number of aromatic nitrogens is 1. The number of alkyl halides is 2. The summed E-state index contributed by atoms with van der Waals surface area (Å²) in [5, 5.41) is 8.88. The minimum Gasteiger partial charge on any atom is -0.480 e. The van der Waals surface area contributed by atoms with Crippen molar-refractivity contribution in [2.24, 2.45) is 0 Å². The van der Waals surface area contributed by atoms with E-state index in [9.17, 15) is 13.6 Å². The normalized spacial score (nSPS) is 10.0. The Labute approximate surface area is 102 Å². The maximum absolute atomic E-state index is 13.0. The predicted molar refractivity (Wildman–Crippen MR) is 56.2 cm³/mol. The highest BCUT2D eigenvalue weighted by Crippen LogP contribution is 2.31. The lowest BCUT2D eigenvalue weighted by atomic mass is 10.0. The number of methoxy groups -OCH3 is 2. The number of carbonyl (C=O) groups is 1. The van der Waals surface area contributed by atoms with Gasteiger partial charge in [-0.1, -0.05) is 0 Å². The first kappa shape index (κ1) is 13.8. The molecule has 0 atom stereocenters. The Balaban J connectivity index is 3.36. The molecule has 0 saturated carbocycles. The van der Waals surface area contributed by atoms with Crippen LogP contribution in [0.4, 0.5) is 8.78 Å². The molecule has 0 aliphatic heterocycles. The third-order valence-corrected chi connectivity index (χ3v) is 2.25. The van der Waals surface area contributed by atoms with E-state index in [2.05, 4.69) is 9.72 Å². The molecular weight excluding hydrogens is 246 g/mol. The van der Waals surface area contributed by atoms with Crippen molar-refractivity contribution in [3.63, 3.8) is 0 Å². The highest BCUT2D eigenvalue weighted by atomic mass is 19.3. The van der Waals surface area contributed by atoms with Crippen LogP contribution in [-0.2, 0) is 16.0 Å². The second-order valence-electron chi connectivity index (χ2n) is 3.25. The average Bonchev–Trinajstić information content (AvgIpc) is 2.37. The summed E-state index contributed by atoms with van der Waals surface area (Å²) in [7, 11) is 2.37. The summed E-state index contributed by atoms with van der Waals surface area (Å²) in [5.41, 5.74) is -0.960. The quantitative estimate of drug-likeness (QED) is 0.765. The number of nitrogens with zero attached hydrogens (tertiary/aromatic N) is 2. The molecule has 0 aromatic carbocycles. The Kier molecular flexibility index (Phi) is 4.54. The topological polar surface area (TPSA) is 72.2 Å². The third-order valence-electron chi connectivity index (χ3n) is 2.25. The van der Waals surface area contributed by atoms with Crippen molar-refractivity contribution in [2.45, 2.75) is 12.8 Å². The molecule has 18 heavy (non-hydrogen) atoms. The van der Waals surface area contributed by atoms with Gasteiger partial charge in [0, 0.05) is 11.8 Å². The minimum atomic E-state index is -2.91. The van der Waals surface area contributed by atoms with Crippen molar-refractivity contribution in [3.8, 4) is 11.9 Å². The Hall–Kier alpha value is -2.23. The first-order valence-corrected chi connectivity index (χ1v) is 4.86. The molecule has 0 radical (unpaired) electrons. The summed E-state index contributed by atoms with van der Waals surface area (Å²) >= 11 is 0. The second kappa shape index (κ2) is 5.91. The van der Waals surface area contributed by atoms with E-state index >= 15 is 0 Å². The number of nitriles is 1. The van der Waals surface area contributed by atoms with Gasteiger partial charge in [0.2, 0.25) is 5.88 Å².